The van der Waals surface area contributed by atoms with Crippen LogP contribution in [0.4, 0.5) is 0 Å². The summed E-state index contributed by atoms with van der Waals surface area (Å²) in [6.07, 6.45) is 0.935. The van der Waals surface area contributed by atoms with Gasteiger partial charge in [0.25, 0.3) is 0 Å². The van der Waals surface area contributed by atoms with E-state index in [9.17, 15) is 5.26 Å². The van der Waals surface area contributed by atoms with Gasteiger partial charge in [0.05, 0.1) is 11.1 Å². The Labute approximate surface area is 107 Å². The van der Waals surface area contributed by atoms with Crippen LogP contribution in [0.1, 0.15) is 22.4 Å². The van der Waals surface area contributed by atoms with Gasteiger partial charge in [-0.2, -0.15) is 5.26 Å². The molecular weight excluding hydrogens is 222 g/mol. The smallest absolute Gasteiger partial charge is 0.100 e. The molecule has 0 amide bonds. The Kier molecular flexibility index (Phi) is 2.53. The van der Waals surface area contributed by atoms with E-state index in [0.717, 1.165) is 52.8 Å². The molecule has 0 aliphatic carbocycles. The minimum Gasteiger partial charge on any atom is -0.302 e. The quantitative estimate of drug-likeness (QED) is 0.706. The number of rotatable bonds is 0. The predicted octanol–water partition coefficient (Wildman–Crippen LogP) is 2.40. The van der Waals surface area contributed by atoms with Crippen molar-refractivity contribution in [2.45, 2.75) is 19.9 Å². The molecule has 90 valence electrons. The summed E-state index contributed by atoms with van der Waals surface area (Å²) >= 11 is 0. The van der Waals surface area contributed by atoms with Crippen LogP contribution in [0.3, 0.4) is 0 Å². The number of pyridine rings is 1. The van der Waals surface area contributed by atoms with Gasteiger partial charge < -0.3 is 4.90 Å². The van der Waals surface area contributed by atoms with E-state index in [2.05, 4.69) is 31.0 Å². The Morgan fingerprint density at radius 2 is 2.22 bits per heavy atom. The summed E-state index contributed by atoms with van der Waals surface area (Å²) in [5, 5.41) is 10.5. The maximum atomic E-state index is 9.47. The second-order valence-corrected chi connectivity index (χ2v) is 4.98. The molecule has 3 heteroatoms. The van der Waals surface area contributed by atoms with Crippen LogP contribution in [-0.2, 0) is 13.0 Å². The van der Waals surface area contributed by atoms with Crippen LogP contribution in [-0.4, -0.2) is 23.5 Å². The number of nitriles is 1. The highest BCUT2D eigenvalue weighted by atomic mass is 15.1. The summed E-state index contributed by atoms with van der Waals surface area (Å²) in [5.74, 6) is 0. The van der Waals surface area contributed by atoms with E-state index in [0.29, 0.717) is 0 Å². The SMILES string of the molecule is Cc1cccc2c(C#N)c3c(nc12)CCN(C)C3. The summed E-state index contributed by atoms with van der Waals surface area (Å²) in [6.45, 7) is 3.90. The maximum Gasteiger partial charge on any atom is 0.100 e. The number of hydrogen-bond acceptors (Lipinski definition) is 3. The lowest BCUT2D eigenvalue weighted by molar-refractivity contribution is 0.310. The average Bonchev–Trinajstić information content (AvgIpc) is 2.37. The number of likely N-dealkylation sites (N-methyl/N-ethyl adjacent to an activating group) is 1. The van der Waals surface area contributed by atoms with E-state index < -0.39 is 0 Å². The van der Waals surface area contributed by atoms with E-state index in [-0.39, 0.29) is 0 Å². The fraction of sp³-hybridized carbons (Fsp3) is 0.333. The van der Waals surface area contributed by atoms with Gasteiger partial charge in [0.15, 0.2) is 0 Å². The second-order valence-electron chi connectivity index (χ2n) is 4.98. The third-order valence-electron chi connectivity index (χ3n) is 3.67. The number of para-hydroxylation sites is 1. The van der Waals surface area contributed by atoms with Crippen LogP contribution < -0.4 is 0 Å². The third-order valence-corrected chi connectivity index (χ3v) is 3.67. The van der Waals surface area contributed by atoms with Gasteiger partial charge >= 0.3 is 0 Å². The topological polar surface area (TPSA) is 39.9 Å². The first-order valence-corrected chi connectivity index (χ1v) is 6.20. The van der Waals surface area contributed by atoms with Crippen LogP contribution in [0.2, 0.25) is 0 Å². The van der Waals surface area contributed by atoms with Gasteiger partial charge in [-0.25, -0.2) is 0 Å². The molecule has 0 radical (unpaired) electrons. The summed E-state index contributed by atoms with van der Waals surface area (Å²) in [7, 11) is 2.09. The Bertz CT molecular complexity index is 667. The van der Waals surface area contributed by atoms with Crippen molar-refractivity contribution < 1.29 is 0 Å². The monoisotopic (exact) mass is 237 g/mol. The molecule has 2 aromatic rings. The van der Waals surface area contributed by atoms with Crippen LogP contribution in [0.25, 0.3) is 10.9 Å². The lowest BCUT2D eigenvalue weighted by atomic mass is 9.95. The third kappa shape index (κ3) is 1.58. The summed E-state index contributed by atoms with van der Waals surface area (Å²) in [5.41, 5.74) is 5.16. The minimum atomic E-state index is 0.810. The molecular formula is C15H15N3. The normalized spacial score (nSPS) is 15.4. The van der Waals surface area contributed by atoms with Gasteiger partial charge in [0.2, 0.25) is 0 Å². The second kappa shape index (κ2) is 4.08. The number of nitrogens with zero attached hydrogens (tertiary/aromatic N) is 3. The van der Waals surface area contributed by atoms with Crippen LogP contribution in [0.5, 0.6) is 0 Å². The van der Waals surface area contributed by atoms with Crippen LogP contribution in [0.15, 0.2) is 18.2 Å². The van der Waals surface area contributed by atoms with E-state index in [1.807, 2.05) is 12.1 Å². The van der Waals surface area contributed by atoms with Crippen molar-refractivity contribution in [2.24, 2.45) is 0 Å². The standard InChI is InChI=1S/C15H15N3/c1-10-4-3-5-11-12(8-16)13-9-18(2)7-6-14(13)17-15(10)11/h3-5H,6-7,9H2,1-2H3. The summed E-state index contributed by atoms with van der Waals surface area (Å²) < 4.78 is 0. The lowest BCUT2D eigenvalue weighted by Gasteiger charge is -2.25. The fourth-order valence-corrected chi connectivity index (χ4v) is 2.67. The Hall–Kier alpha value is -1.92. The van der Waals surface area contributed by atoms with Crippen molar-refractivity contribution >= 4 is 10.9 Å². The molecule has 0 fully saturated rings. The van der Waals surface area contributed by atoms with Gasteiger partial charge in [-0.05, 0) is 19.5 Å². The molecule has 3 nitrogen and oxygen atoms in total. The van der Waals surface area contributed by atoms with Gasteiger partial charge in [0.1, 0.15) is 6.07 Å². The highest BCUT2D eigenvalue weighted by Crippen LogP contribution is 2.28. The summed E-state index contributed by atoms with van der Waals surface area (Å²) in [4.78, 5) is 7.02. The highest BCUT2D eigenvalue weighted by molar-refractivity contribution is 5.88. The first kappa shape index (κ1) is 11.2. The highest BCUT2D eigenvalue weighted by Gasteiger charge is 2.20. The molecule has 0 N–H and O–H groups in total. The lowest BCUT2D eigenvalue weighted by Crippen LogP contribution is -2.28. The molecule has 0 saturated carbocycles. The molecule has 1 aliphatic rings. The van der Waals surface area contributed by atoms with Crippen LogP contribution >= 0.6 is 0 Å². The van der Waals surface area contributed by atoms with Crippen molar-refractivity contribution in [1.82, 2.24) is 9.88 Å². The molecule has 1 aromatic heterocycles. The molecule has 0 atom stereocenters. The number of fused-ring (bicyclic) bond motifs is 2. The number of hydrogen-bond donors (Lipinski definition) is 0. The zero-order chi connectivity index (χ0) is 12.7. The summed E-state index contributed by atoms with van der Waals surface area (Å²) in [6, 6.07) is 8.43. The van der Waals surface area contributed by atoms with E-state index in [1.165, 1.54) is 0 Å². The Morgan fingerprint density at radius 1 is 1.39 bits per heavy atom. The molecule has 18 heavy (non-hydrogen) atoms. The van der Waals surface area contributed by atoms with Crippen molar-refractivity contribution in [3.05, 3.63) is 40.6 Å². The van der Waals surface area contributed by atoms with Gasteiger partial charge in [0, 0.05) is 36.2 Å². The fourth-order valence-electron chi connectivity index (χ4n) is 2.67. The maximum absolute atomic E-state index is 9.47. The van der Waals surface area contributed by atoms with Gasteiger partial charge in [-0.15, -0.1) is 0 Å². The molecule has 2 heterocycles. The van der Waals surface area contributed by atoms with E-state index in [4.69, 9.17) is 4.98 Å². The molecule has 0 spiro atoms. The molecule has 0 saturated heterocycles. The van der Waals surface area contributed by atoms with Crippen molar-refractivity contribution in [3.8, 4) is 6.07 Å². The zero-order valence-electron chi connectivity index (χ0n) is 10.7. The molecule has 3 rings (SSSR count). The molecule has 0 bridgehead atoms. The van der Waals surface area contributed by atoms with Crippen LogP contribution in [0, 0.1) is 18.3 Å². The van der Waals surface area contributed by atoms with Crippen molar-refractivity contribution in [2.75, 3.05) is 13.6 Å². The molecule has 0 unspecified atom stereocenters. The Balaban J connectivity index is 2.38. The number of aryl methyl sites for hydroxylation is 1. The predicted molar refractivity (Wildman–Crippen MR) is 71.2 cm³/mol. The average molecular weight is 237 g/mol. The van der Waals surface area contributed by atoms with Crippen molar-refractivity contribution in [1.29, 1.82) is 5.26 Å². The Morgan fingerprint density at radius 3 is 3.00 bits per heavy atom. The molecule has 1 aliphatic heterocycles. The number of benzene rings is 1. The van der Waals surface area contributed by atoms with Gasteiger partial charge in [-0.3, -0.25) is 4.98 Å². The van der Waals surface area contributed by atoms with E-state index >= 15 is 0 Å². The van der Waals surface area contributed by atoms with Gasteiger partial charge in [-0.1, -0.05) is 18.2 Å². The minimum absolute atomic E-state index is 0.810. The zero-order valence-corrected chi connectivity index (χ0v) is 10.7. The first-order chi connectivity index (χ1) is 8.70. The largest absolute Gasteiger partial charge is 0.302 e. The van der Waals surface area contributed by atoms with E-state index in [1.54, 1.807) is 0 Å². The number of aromatic nitrogens is 1. The first-order valence-electron chi connectivity index (χ1n) is 6.20. The van der Waals surface area contributed by atoms with Crippen molar-refractivity contribution in [3.63, 3.8) is 0 Å². The molecule has 1 aromatic carbocycles.